The van der Waals surface area contributed by atoms with Crippen molar-refractivity contribution < 1.29 is 14.5 Å². The van der Waals surface area contributed by atoms with Crippen molar-refractivity contribution in [1.82, 2.24) is 14.8 Å². The highest BCUT2D eigenvalue weighted by molar-refractivity contribution is 9.10. The summed E-state index contributed by atoms with van der Waals surface area (Å²) >= 11 is 6.76. The first-order valence-corrected chi connectivity index (χ1v) is 13.3. The van der Waals surface area contributed by atoms with E-state index in [0.29, 0.717) is 36.2 Å². The molecule has 9 nitrogen and oxygen atoms in total. The van der Waals surface area contributed by atoms with Gasteiger partial charge in [0.25, 0.3) is 17.5 Å². The van der Waals surface area contributed by atoms with Gasteiger partial charge in [-0.3, -0.25) is 24.7 Å². The lowest BCUT2D eigenvalue weighted by Crippen LogP contribution is -2.45. The van der Waals surface area contributed by atoms with Gasteiger partial charge in [-0.2, -0.15) is 0 Å². The molecule has 0 radical (unpaired) electrons. The molecule has 35 heavy (non-hydrogen) atoms. The van der Waals surface area contributed by atoms with E-state index in [4.69, 9.17) is 0 Å². The molecule has 2 saturated heterocycles. The quantitative estimate of drug-likeness (QED) is 0.371. The molecule has 2 aliphatic rings. The van der Waals surface area contributed by atoms with Crippen molar-refractivity contribution in [3.05, 3.63) is 60.3 Å². The fraction of sp³-hybridized carbons (Fsp3) is 0.458. The maximum absolute atomic E-state index is 13.4. The Hall–Kier alpha value is -2.53. The Morgan fingerprint density at radius 3 is 2.43 bits per heavy atom. The summed E-state index contributed by atoms with van der Waals surface area (Å²) in [6, 6.07) is 2.83. The lowest BCUT2D eigenvalue weighted by atomic mass is 10.0. The zero-order valence-electron chi connectivity index (χ0n) is 19.4. The van der Waals surface area contributed by atoms with Gasteiger partial charge in [-0.15, -0.1) is 0 Å². The molecule has 1 atom stereocenters. The van der Waals surface area contributed by atoms with Crippen LogP contribution in [0.1, 0.15) is 58.4 Å². The number of aromatic nitrogens is 1. The van der Waals surface area contributed by atoms with Crippen LogP contribution in [-0.4, -0.2) is 63.7 Å². The third-order valence-corrected chi connectivity index (χ3v) is 7.85. The molecule has 3 heterocycles. The van der Waals surface area contributed by atoms with E-state index in [2.05, 4.69) is 42.2 Å². The molecule has 0 aliphatic carbocycles. The number of likely N-dealkylation sites (tertiary alicyclic amines) is 2. The van der Waals surface area contributed by atoms with Gasteiger partial charge >= 0.3 is 0 Å². The Kier molecular flexibility index (Phi) is 8.05. The number of halogens is 2. The summed E-state index contributed by atoms with van der Waals surface area (Å²) < 4.78 is 1.24. The first-order chi connectivity index (χ1) is 16.8. The molecule has 0 saturated carbocycles. The predicted octanol–water partition coefficient (Wildman–Crippen LogP) is 5.17. The third kappa shape index (κ3) is 5.66. The second kappa shape index (κ2) is 11.0. The smallest absolute Gasteiger partial charge is 0.294 e. The highest BCUT2D eigenvalue weighted by Gasteiger charge is 2.31. The molecule has 0 bridgehead atoms. The van der Waals surface area contributed by atoms with E-state index < -0.39 is 4.92 Å². The average Bonchev–Trinajstić information content (AvgIpc) is 2.86. The molecule has 4 rings (SSSR count). The Balaban J connectivity index is 1.61. The van der Waals surface area contributed by atoms with Crippen LogP contribution >= 0.6 is 31.9 Å². The van der Waals surface area contributed by atoms with E-state index in [1.807, 2.05) is 6.92 Å². The Morgan fingerprint density at radius 2 is 1.71 bits per heavy atom. The van der Waals surface area contributed by atoms with Crippen LogP contribution in [0.3, 0.4) is 0 Å². The Labute approximate surface area is 220 Å². The van der Waals surface area contributed by atoms with Crippen LogP contribution in [0.2, 0.25) is 0 Å². The minimum absolute atomic E-state index is 0.127. The molecule has 2 aromatic rings. The van der Waals surface area contributed by atoms with E-state index in [-0.39, 0.29) is 34.8 Å². The number of piperidine rings is 2. The number of nitro benzene ring substituents is 1. The maximum atomic E-state index is 13.4. The largest absolute Gasteiger partial charge is 0.374 e. The molecule has 186 valence electrons. The first kappa shape index (κ1) is 25.6. The number of carbonyl (C=O) groups excluding carboxylic acids is 2. The topological polar surface area (TPSA) is 109 Å². The molecule has 11 heteroatoms. The third-order valence-electron chi connectivity index (χ3n) is 6.59. The van der Waals surface area contributed by atoms with Crippen LogP contribution in [0, 0.1) is 17.0 Å². The standard InChI is InChI=1S/C24H27Br2N5O4/c1-15-19(12-27-13-20(15)26)24(33)30-9-5-6-17(14-30)28-22-18(10-16(25)11-21(22)31(34)35)23(32)29-7-3-2-4-8-29/h10-13,17,28H,2-9,14H2,1H3/t17-/m1/s1. The van der Waals surface area contributed by atoms with Gasteiger partial charge in [0.05, 0.1) is 16.1 Å². The van der Waals surface area contributed by atoms with Crippen molar-refractivity contribution in [1.29, 1.82) is 0 Å². The van der Waals surface area contributed by atoms with Gasteiger partial charge in [-0.1, -0.05) is 15.9 Å². The second-order valence-electron chi connectivity index (χ2n) is 8.99. The highest BCUT2D eigenvalue weighted by atomic mass is 79.9. The van der Waals surface area contributed by atoms with E-state index in [1.165, 1.54) is 6.07 Å². The monoisotopic (exact) mass is 607 g/mol. The number of anilines is 1. The van der Waals surface area contributed by atoms with Gasteiger partial charge in [0.15, 0.2) is 0 Å². The highest BCUT2D eigenvalue weighted by Crippen LogP contribution is 2.35. The number of nitrogens with zero attached hydrogens (tertiary/aromatic N) is 4. The van der Waals surface area contributed by atoms with Crippen molar-refractivity contribution in [3.63, 3.8) is 0 Å². The first-order valence-electron chi connectivity index (χ1n) is 11.7. The number of nitro groups is 1. The van der Waals surface area contributed by atoms with Gasteiger partial charge in [0, 0.05) is 59.6 Å². The van der Waals surface area contributed by atoms with Crippen LogP contribution in [0.5, 0.6) is 0 Å². The zero-order valence-corrected chi connectivity index (χ0v) is 22.6. The van der Waals surface area contributed by atoms with E-state index >= 15 is 0 Å². The molecule has 0 spiro atoms. The number of carbonyl (C=O) groups is 2. The SMILES string of the molecule is Cc1c(Br)cncc1C(=O)N1CCC[C@@H](Nc2c(C(=O)N3CCCCC3)cc(Br)cc2[N+](=O)[O-])C1. The van der Waals surface area contributed by atoms with Crippen molar-refractivity contribution in [2.75, 3.05) is 31.5 Å². The molecule has 1 N–H and O–H groups in total. The van der Waals surface area contributed by atoms with Gasteiger partial charge in [-0.25, -0.2) is 0 Å². The molecule has 1 aromatic carbocycles. The molecule has 1 aromatic heterocycles. The summed E-state index contributed by atoms with van der Waals surface area (Å²) in [7, 11) is 0. The van der Waals surface area contributed by atoms with Gasteiger partial charge < -0.3 is 15.1 Å². The zero-order chi connectivity index (χ0) is 25.1. The molecular weight excluding hydrogens is 582 g/mol. The van der Waals surface area contributed by atoms with E-state index in [0.717, 1.165) is 42.1 Å². The van der Waals surface area contributed by atoms with Gasteiger partial charge in [-0.05, 0) is 66.6 Å². The van der Waals surface area contributed by atoms with Crippen LogP contribution < -0.4 is 5.32 Å². The van der Waals surface area contributed by atoms with Crippen LogP contribution in [-0.2, 0) is 0 Å². The molecule has 2 fully saturated rings. The van der Waals surface area contributed by atoms with Crippen LogP contribution in [0.4, 0.5) is 11.4 Å². The van der Waals surface area contributed by atoms with Gasteiger partial charge in [0.2, 0.25) is 0 Å². The molecule has 2 amide bonds. The summed E-state index contributed by atoms with van der Waals surface area (Å²) in [6.45, 7) is 4.11. The molecular formula is C24H27Br2N5O4. The number of hydrogen-bond donors (Lipinski definition) is 1. The van der Waals surface area contributed by atoms with Crippen molar-refractivity contribution >= 4 is 55.0 Å². The summed E-state index contributed by atoms with van der Waals surface area (Å²) in [5.41, 5.74) is 1.68. The number of benzene rings is 1. The lowest BCUT2D eigenvalue weighted by Gasteiger charge is -2.34. The van der Waals surface area contributed by atoms with Crippen molar-refractivity contribution in [2.24, 2.45) is 0 Å². The van der Waals surface area contributed by atoms with Crippen molar-refractivity contribution in [2.45, 2.75) is 45.1 Å². The minimum Gasteiger partial charge on any atom is -0.374 e. The summed E-state index contributed by atoms with van der Waals surface area (Å²) in [6.07, 6.45) is 7.61. The van der Waals surface area contributed by atoms with E-state index in [1.54, 1.807) is 28.3 Å². The fourth-order valence-electron chi connectivity index (χ4n) is 4.69. The van der Waals surface area contributed by atoms with E-state index in [9.17, 15) is 19.7 Å². The number of amides is 2. The van der Waals surface area contributed by atoms with Crippen LogP contribution in [0.15, 0.2) is 33.5 Å². The van der Waals surface area contributed by atoms with Crippen LogP contribution in [0.25, 0.3) is 0 Å². The van der Waals surface area contributed by atoms with Crippen molar-refractivity contribution in [3.8, 4) is 0 Å². The number of pyridine rings is 1. The van der Waals surface area contributed by atoms with Gasteiger partial charge in [0.1, 0.15) is 5.69 Å². The predicted molar refractivity (Wildman–Crippen MR) is 140 cm³/mol. The average molecular weight is 609 g/mol. The Morgan fingerprint density at radius 1 is 1.03 bits per heavy atom. The number of rotatable bonds is 5. The summed E-state index contributed by atoms with van der Waals surface area (Å²) in [5.74, 6) is -0.339. The maximum Gasteiger partial charge on any atom is 0.294 e. The summed E-state index contributed by atoms with van der Waals surface area (Å²) in [4.78, 5) is 45.7. The normalized spacial score (nSPS) is 18.3. The molecule has 0 unspecified atom stereocenters. The lowest BCUT2D eigenvalue weighted by molar-refractivity contribution is -0.384. The molecule has 2 aliphatic heterocycles. The fourth-order valence-corrected chi connectivity index (χ4v) is 5.47. The minimum atomic E-state index is -0.470. The summed E-state index contributed by atoms with van der Waals surface area (Å²) in [5, 5.41) is 15.2. The number of nitrogens with one attached hydrogen (secondary N) is 1. The second-order valence-corrected chi connectivity index (χ2v) is 10.8. The number of hydrogen-bond acceptors (Lipinski definition) is 6. The Bertz CT molecular complexity index is 1150.